The summed E-state index contributed by atoms with van der Waals surface area (Å²) in [4.78, 5) is 10.8. The van der Waals surface area contributed by atoms with Gasteiger partial charge in [-0.1, -0.05) is 31.4 Å². The van der Waals surface area contributed by atoms with Crippen LogP contribution < -0.4 is 5.32 Å². The van der Waals surface area contributed by atoms with Crippen LogP contribution in [0.2, 0.25) is 0 Å². The van der Waals surface area contributed by atoms with Crippen molar-refractivity contribution in [1.29, 1.82) is 0 Å². The molecule has 1 N–H and O–H groups in total. The fourth-order valence-corrected chi connectivity index (χ4v) is 1.54. The number of hydrogen-bond donors (Lipinski definition) is 1. The number of carbonyl (C=O) groups excluding carboxylic acids is 1. The standard InChI is InChI=1S/C10H15NOS.H2/c1-4-6-9(5-2)7-13-8-10(12)11-3;/h4-6H,1-2,7-8H2,3H3,(H,11,12);1H/b9-6+;. The van der Waals surface area contributed by atoms with Gasteiger partial charge in [-0.05, 0) is 5.57 Å². The molecule has 1 amide bonds. The molecule has 0 saturated carbocycles. The Morgan fingerprint density at radius 2 is 2.23 bits per heavy atom. The van der Waals surface area contributed by atoms with Crippen LogP contribution in [0.1, 0.15) is 1.43 Å². The summed E-state index contributed by atoms with van der Waals surface area (Å²) in [7, 11) is 1.64. The quantitative estimate of drug-likeness (QED) is 0.663. The van der Waals surface area contributed by atoms with E-state index >= 15 is 0 Å². The van der Waals surface area contributed by atoms with Gasteiger partial charge >= 0.3 is 0 Å². The lowest BCUT2D eigenvalue weighted by atomic mass is 10.3. The van der Waals surface area contributed by atoms with Gasteiger partial charge in [-0.2, -0.15) is 0 Å². The fourth-order valence-electron chi connectivity index (χ4n) is 0.660. The van der Waals surface area contributed by atoms with Crippen molar-refractivity contribution in [3.05, 3.63) is 37.0 Å². The highest BCUT2D eigenvalue weighted by atomic mass is 32.2. The van der Waals surface area contributed by atoms with E-state index in [-0.39, 0.29) is 7.33 Å². The van der Waals surface area contributed by atoms with Gasteiger partial charge < -0.3 is 5.32 Å². The Hall–Kier alpha value is -0.960. The Morgan fingerprint density at radius 3 is 2.69 bits per heavy atom. The zero-order valence-corrected chi connectivity index (χ0v) is 8.69. The molecule has 0 saturated heterocycles. The summed E-state index contributed by atoms with van der Waals surface area (Å²) in [6.07, 6.45) is 5.39. The van der Waals surface area contributed by atoms with E-state index in [9.17, 15) is 4.79 Å². The zero-order valence-electron chi connectivity index (χ0n) is 7.88. The van der Waals surface area contributed by atoms with Crippen LogP contribution in [0.3, 0.4) is 0 Å². The minimum Gasteiger partial charge on any atom is -0.358 e. The number of nitrogens with one attached hydrogen (secondary N) is 1. The van der Waals surface area contributed by atoms with Crippen molar-refractivity contribution >= 4 is 17.7 Å². The van der Waals surface area contributed by atoms with Crippen molar-refractivity contribution in [1.82, 2.24) is 5.32 Å². The van der Waals surface area contributed by atoms with Crippen molar-refractivity contribution < 1.29 is 6.22 Å². The third kappa shape index (κ3) is 6.22. The number of carbonyl (C=O) groups is 1. The van der Waals surface area contributed by atoms with Crippen molar-refractivity contribution in [2.24, 2.45) is 0 Å². The average molecular weight is 199 g/mol. The normalized spacial score (nSPS) is 10.7. The largest absolute Gasteiger partial charge is 0.358 e. The van der Waals surface area contributed by atoms with Crippen LogP contribution in [0.5, 0.6) is 0 Å². The van der Waals surface area contributed by atoms with Crippen LogP contribution in [0, 0.1) is 0 Å². The maximum Gasteiger partial charge on any atom is 0.229 e. The molecule has 0 aromatic carbocycles. The molecule has 2 nitrogen and oxygen atoms in total. The van der Waals surface area contributed by atoms with Gasteiger partial charge in [-0.25, -0.2) is 0 Å². The Bertz CT molecular complexity index is 226. The van der Waals surface area contributed by atoms with E-state index in [1.165, 1.54) is 0 Å². The first-order valence-electron chi connectivity index (χ1n) is 3.97. The minimum absolute atomic E-state index is 0. The minimum atomic E-state index is 0. The average Bonchev–Trinajstić information content (AvgIpc) is 2.16. The molecule has 0 rings (SSSR count). The second kappa shape index (κ2) is 7.68. The van der Waals surface area contributed by atoms with E-state index in [4.69, 9.17) is 0 Å². The molecule has 0 radical (unpaired) electrons. The second-order valence-corrected chi connectivity index (χ2v) is 3.33. The van der Waals surface area contributed by atoms with Crippen molar-refractivity contribution in [2.75, 3.05) is 18.6 Å². The number of thioether (sulfide) groups is 1. The van der Waals surface area contributed by atoms with Crippen LogP contribution in [0.25, 0.3) is 0 Å². The first kappa shape index (κ1) is 12.0. The predicted octanol–water partition coefficient (Wildman–Crippen LogP) is 2.01. The lowest BCUT2D eigenvalue weighted by Crippen LogP contribution is -2.20. The molecule has 0 aliphatic rings. The van der Waals surface area contributed by atoms with Gasteiger partial charge in [0, 0.05) is 14.2 Å². The number of amides is 1. The van der Waals surface area contributed by atoms with Crippen LogP contribution in [0.15, 0.2) is 37.0 Å². The first-order valence-corrected chi connectivity index (χ1v) is 5.12. The highest BCUT2D eigenvalue weighted by Gasteiger charge is 1.98. The van der Waals surface area contributed by atoms with Gasteiger partial charge in [0.1, 0.15) is 0 Å². The SMILES string of the molecule is C=C/C=C(\C=C)CSCC(=O)NC.[HH]. The van der Waals surface area contributed by atoms with Crippen LogP contribution in [-0.4, -0.2) is 24.5 Å². The van der Waals surface area contributed by atoms with E-state index in [1.54, 1.807) is 31.0 Å². The van der Waals surface area contributed by atoms with E-state index in [0.717, 1.165) is 11.3 Å². The molecular weight excluding hydrogens is 182 g/mol. The molecule has 0 unspecified atom stereocenters. The molecule has 0 heterocycles. The molecule has 0 aliphatic carbocycles. The zero-order chi connectivity index (χ0) is 10.1. The lowest BCUT2D eigenvalue weighted by molar-refractivity contribution is -0.118. The third-order valence-corrected chi connectivity index (χ3v) is 2.38. The third-order valence-electron chi connectivity index (χ3n) is 1.37. The molecule has 0 fully saturated rings. The van der Waals surface area contributed by atoms with Crippen molar-refractivity contribution in [2.45, 2.75) is 0 Å². The summed E-state index contributed by atoms with van der Waals surface area (Å²) in [6, 6.07) is 0. The van der Waals surface area contributed by atoms with Gasteiger partial charge in [0.25, 0.3) is 0 Å². The molecule has 13 heavy (non-hydrogen) atoms. The highest BCUT2D eigenvalue weighted by molar-refractivity contribution is 8.00. The summed E-state index contributed by atoms with van der Waals surface area (Å²) in [5, 5.41) is 2.56. The molecule has 0 spiro atoms. The Labute approximate surface area is 85.3 Å². The monoisotopic (exact) mass is 199 g/mol. The predicted molar refractivity (Wildman–Crippen MR) is 62.0 cm³/mol. The summed E-state index contributed by atoms with van der Waals surface area (Å²) in [5.74, 6) is 1.33. The lowest BCUT2D eigenvalue weighted by Gasteiger charge is -2.00. The van der Waals surface area contributed by atoms with E-state index < -0.39 is 0 Å². The van der Waals surface area contributed by atoms with Crippen molar-refractivity contribution in [3.8, 4) is 0 Å². The molecule has 0 atom stereocenters. The number of hydrogen-bond acceptors (Lipinski definition) is 2. The van der Waals surface area contributed by atoms with E-state index in [2.05, 4.69) is 18.5 Å². The second-order valence-electron chi connectivity index (χ2n) is 2.35. The van der Waals surface area contributed by atoms with Crippen molar-refractivity contribution in [3.63, 3.8) is 0 Å². The van der Waals surface area contributed by atoms with Crippen LogP contribution >= 0.6 is 11.8 Å². The van der Waals surface area contributed by atoms with Gasteiger partial charge in [0.2, 0.25) is 5.91 Å². The fraction of sp³-hybridized carbons (Fsp3) is 0.300. The molecule has 0 bridgehead atoms. The summed E-state index contributed by atoms with van der Waals surface area (Å²) < 4.78 is 0. The number of rotatable bonds is 6. The summed E-state index contributed by atoms with van der Waals surface area (Å²) in [6.45, 7) is 7.26. The summed E-state index contributed by atoms with van der Waals surface area (Å²) >= 11 is 1.56. The maximum absolute atomic E-state index is 10.8. The maximum atomic E-state index is 10.8. The van der Waals surface area contributed by atoms with Gasteiger partial charge in [-0.15, -0.1) is 11.8 Å². The number of allylic oxidation sites excluding steroid dienone is 3. The Balaban J connectivity index is 0. The van der Waals surface area contributed by atoms with Crippen LogP contribution in [0.4, 0.5) is 0 Å². The Morgan fingerprint density at radius 1 is 1.54 bits per heavy atom. The van der Waals surface area contributed by atoms with Gasteiger partial charge in [0.15, 0.2) is 0 Å². The van der Waals surface area contributed by atoms with Gasteiger partial charge in [0.05, 0.1) is 5.75 Å². The molecular formula is C10H17NOS. The first-order chi connectivity index (χ1) is 6.24. The summed E-state index contributed by atoms with van der Waals surface area (Å²) in [5.41, 5.74) is 1.09. The van der Waals surface area contributed by atoms with E-state index in [1.807, 2.05) is 6.08 Å². The molecule has 0 aliphatic heterocycles. The Kier molecular flexibility index (Phi) is 7.11. The molecule has 3 heteroatoms. The molecule has 0 aromatic heterocycles. The highest BCUT2D eigenvalue weighted by Crippen LogP contribution is 2.08. The van der Waals surface area contributed by atoms with Gasteiger partial charge in [-0.3, -0.25) is 4.79 Å². The van der Waals surface area contributed by atoms with Crippen LogP contribution in [-0.2, 0) is 4.79 Å². The molecule has 0 aromatic rings. The molecule has 74 valence electrons. The smallest absolute Gasteiger partial charge is 0.229 e. The van der Waals surface area contributed by atoms with E-state index in [0.29, 0.717) is 5.75 Å². The topological polar surface area (TPSA) is 29.1 Å².